The highest BCUT2D eigenvalue weighted by molar-refractivity contribution is 7.91. The molecule has 1 aromatic rings. The first-order chi connectivity index (χ1) is 13.2. The molecule has 0 aliphatic carbocycles. The maximum Gasteiger partial charge on any atom is 0.192 e. The Hall–Kier alpha value is -0.953. The van der Waals surface area contributed by atoms with E-state index < -0.39 is 24.3 Å². The molecule has 0 aromatic heterocycles. The van der Waals surface area contributed by atoms with Crippen molar-refractivity contribution < 1.29 is 18.0 Å². The standard InChI is InChI=1S/C22H38O4SSi/c1-7-18(5)22(26-28(8-2,9-3)10-4)19(6)21(23)16-17-27(24,25)20-14-12-11-13-15-20/h7,11-15,18-19,21-23H,1,8-10,16-17H2,2-6H3/t18-,19+,21-,22-/m0/s1. The molecule has 0 radical (unpaired) electrons. The highest BCUT2D eigenvalue weighted by Gasteiger charge is 2.37. The van der Waals surface area contributed by atoms with Gasteiger partial charge in [0.05, 0.1) is 22.9 Å². The summed E-state index contributed by atoms with van der Waals surface area (Å²) < 4.78 is 31.8. The van der Waals surface area contributed by atoms with Crippen LogP contribution in [0.4, 0.5) is 0 Å². The van der Waals surface area contributed by atoms with Crippen molar-refractivity contribution in [3.05, 3.63) is 43.0 Å². The summed E-state index contributed by atoms with van der Waals surface area (Å²) in [7, 11) is -5.26. The van der Waals surface area contributed by atoms with Crippen LogP contribution in [0.15, 0.2) is 47.9 Å². The molecule has 0 saturated carbocycles. The van der Waals surface area contributed by atoms with E-state index in [4.69, 9.17) is 4.43 Å². The summed E-state index contributed by atoms with van der Waals surface area (Å²) >= 11 is 0. The van der Waals surface area contributed by atoms with Crippen LogP contribution in [0.1, 0.15) is 41.0 Å². The van der Waals surface area contributed by atoms with Gasteiger partial charge in [-0.3, -0.25) is 0 Å². The van der Waals surface area contributed by atoms with Crippen molar-refractivity contribution in [3.8, 4) is 0 Å². The molecule has 6 heteroatoms. The monoisotopic (exact) mass is 426 g/mol. The van der Waals surface area contributed by atoms with Gasteiger partial charge < -0.3 is 9.53 Å². The Morgan fingerprint density at radius 1 is 1.11 bits per heavy atom. The summed E-state index contributed by atoms with van der Waals surface area (Å²) in [6.45, 7) is 14.5. The van der Waals surface area contributed by atoms with Crippen LogP contribution in [0.5, 0.6) is 0 Å². The molecular formula is C22H38O4SSi. The first-order valence-corrected chi connectivity index (χ1v) is 14.6. The molecule has 0 spiro atoms. The summed E-state index contributed by atoms with van der Waals surface area (Å²) in [6, 6.07) is 11.5. The molecule has 0 aliphatic rings. The second kappa shape index (κ2) is 11.3. The zero-order valence-electron chi connectivity index (χ0n) is 18.1. The maximum atomic E-state index is 12.5. The van der Waals surface area contributed by atoms with E-state index in [1.807, 2.05) is 13.0 Å². The third-order valence-electron chi connectivity index (χ3n) is 6.12. The van der Waals surface area contributed by atoms with Crippen molar-refractivity contribution in [2.75, 3.05) is 5.75 Å². The molecule has 1 N–H and O–H groups in total. The Morgan fingerprint density at radius 2 is 1.64 bits per heavy atom. The van der Waals surface area contributed by atoms with Gasteiger partial charge in [-0.15, -0.1) is 6.58 Å². The second-order valence-electron chi connectivity index (χ2n) is 7.77. The predicted octanol–water partition coefficient (Wildman–Crippen LogP) is 5.06. The van der Waals surface area contributed by atoms with Gasteiger partial charge in [0.2, 0.25) is 0 Å². The molecule has 0 aliphatic heterocycles. The van der Waals surface area contributed by atoms with Crippen LogP contribution in [0.25, 0.3) is 0 Å². The fourth-order valence-corrected chi connectivity index (χ4v) is 7.99. The quantitative estimate of drug-likeness (QED) is 0.354. The van der Waals surface area contributed by atoms with Crippen LogP contribution in [0, 0.1) is 11.8 Å². The molecular weight excluding hydrogens is 388 g/mol. The largest absolute Gasteiger partial charge is 0.413 e. The van der Waals surface area contributed by atoms with Crippen molar-refractivity contribution in [1.29, 1.82) is 0 Å². The van der Waals surface area contributed by atoms with Crippen molar-refractivity contribution in [3.63, 3.8) is 0 Å². The van der Waals surface area contributed by atoms with E-state index in [9.17, 15) is 13.5 Å². The fourth-order valence-electron chi connectivity index (χ4n) is 3.62. The minimum absolute atomic E-state index is 0.0738. The summed E-state index contributed by atoms with van der Waals surface area (Å²) in [6.07, 6.45) is 1.16. The summed E-state index contributed by atoms with van der Waals surface area (Å²) in [5, 5.41) is 10.8. The minimum atomic E-state index is -3.40. The SMILES string of the molecule is C=C[C@H](C)[C@H](O[Si](CC)(CC)CC)[C@H](C)[C@@H](O)CCS(=O)(=O)c1ccccc1. The molecule has 1 aromatic carbocycles. The molecule has 0 amide bonds. The third kappa shape index (κ3) is 6.54. The van der Waals surface area contributed by atoms with Gasteiger partial charge in [0.15, 0.2) is 18.2 Å². The number of benzene rings is 1. The lowest BCUT2D eigenvalue weighted by molar-refractivity contribution is 0.0113. The Labute approximate surface area is 173 Å². The van der Waals surface area contributed by atoms with Crippen LogP contribution in [-0.4, -0.2) is 39.8 Å². The number of sulfone groups is 1. The molecule has 0 bridgehead atoms. The van der Waals surface area contributed by atoms with E-state index in [0.29, 0.717) is 4.90 Å². The zero-order valence-corrected chi connectivity index (χ0v) is 19.9. The molecule has 0 saturated heterocycles. The first-order valence-electron chi connectivity index (χ1n) is 10.4. The molecule has 1 rings (SSSR count). The lowest BCUT2D eigenvalue weighted by atomic mass is 9.88. The average Bonchev–Trinajstić information content (AvgIpc) is 2.73. The smallest absolute Gasteiger partial charge is 0.192 e. The van der Waals surface area contributed by atoms with E-state index in [1.165, 1.54) is 0 Å². The maximum absolute atomic E-state index is 12.5. The highest BCUT2D eigenvalue weighted by Crippen LogP contribution is 2.31. The predicted molar refractivity (Wildman–Crippen MR) is 120 cm³/mol. The fraction of sp³-hybridized carbons (Fsp3) is 0.636. The van der Waals surface area contributed by atoms with Gasteiger partial charge in [-0.05, 0) is 42.6 Å². The van der Waals surface area contributed by atoms with E-state index in [2.05, 4.69) is 34.3 Å². The summed E-state index contributed by atoms with van der Waals surface area (Å²) in [5.41, 5.74) is 0. The Morgan fingerprint density at radius 3 is 2.11 bits per heavy atom. The Balaban J connectivity index is 2.90. The molecule has 0 fully saturated rings. The summed E-state index contributed by atoms with van der Waals surface area (Å²) in [5.74, 6) is -0.155. The third-order valence-corrected chi connectivity index (χ3v) is 12.5. The van der Waals surface area contributed by atoms with Crippen LogP contribution >= 0.6 is 0 Å². The zero-order chi connectivity index (χ0) is 21.4. The number of aliphatic hydroxyl groups is 1. The van der Waals surface area contributed by atoms with Crippen LogP contribution < -0.4 is 0 Å². The molecule has 4 atom stereocenters. The number of hydrogen-bond donors (Lipinski definition) is 1. The van der Waals surface area contributed by atoms with Gasteiger partial charge in [0, 0.05) is 5.92 Å². The lowest BCUT2D eigenvalue weighted by Crippen LogP contribution is -2.46. The molecule has 0 unspecified atom stereocenters. The van der Waals surface area contributed by atoms with E-state index in [-0.39, 0.29) is 30.1 Å². The first kappa shape index (κ1) is 25.1. The van der Waals surface area contributed by atoms with E-state index >= 15 is 0 Å². The van der Waals surface area contributed by atoms with Crippen LogP contribution in [0.3, 0.4) is 0 Å². The van der Waals surface area contributed by atoms with Crippen molar-refractivity contribution in [1.82, 2.24) is 0 Å². The van der Waals surface area contributed by atoms with Crippen molar-refractivity contribution in [2.24, 2.45) is 11.8 Å². The number of aliphatic hydroxyl groups excluding tert-OH is 1. The van der Waals surface area contributed by atoms with E-state index in [1.54, 1.807) is 30.3 Å². The Bertz CT molecular complexity index is 677. The normalized spacial score (nSPS) is 16.9. The molecule has 28 heavy (non-hydrogen) atoms. The molecule has 0 heterocycles. The average molecular weight is 427 g/mol. The summed E-state index contributed by atoms with van der Waals surface area (Å²) in [4.78, 5) is 0.302. The number of rotatable bonds is 13. The Kier molecular flexibility index (Phi) is 10.1. The van der Waals surface area contributed by atoms with E-state index in [0.717, 1.165) is 18.1 Å². The van der Waals surface area contributed by atoms with Gasteiger partial charge in [-0.2, -0.15) is 0 Å². The topological polar surface area (TPSA) is 63.6 Å². The van der Waals surface area contributed by atoms with Gasteiger partial charge in [0.25, 0.3) is 0 Å². The van der Waals surface area contributed by atoms with Gasteiger partial charge >= 0.3 is 0 Å². The molecule has 4 nitrogen and oxygen atoms in total. The highest BCUT2D eigenvalue weighted by atomic mass is 32.2. The van der Waals surface area contributed by atoms with Crippen molar-refractivity contribution in [2.45, 2.75) is 76.3 Å². The van der Waals surface area contributed by atoms with Gasteiger partial charge in [-0.1, -0.05) is 58.9 Å². The minimum Gasteiger partial charge on any atom is -0.413 e. The van der Waals surface area contributed by atoms with Crippen LogP contribution in [0.2, 0.25) is 18.1 Å². The van der Waals surface area contributed by atoms with Crippen molar-refractivity contribution >= 4 is 18.2 Å². The lowest BCUT2D eigenvalue weighted by Gasteiger charge is -2.39. The second-order valence-corrected chi connectivity index (χ2v) is 14.6. The van der Waals surface area contributed by atoms with Gasteiger partial charge in [0.1, 0.15) is 0 Å². The van der Waals surface area contributed by atoms with Gasteiger partial charge in [-0.25, -0.2) is 8.42 Å². The van der Waals surface area contributed by atoms with Crippen LogP contribution in [-0.2, 0) is 14.3 Å². The molecule has 160 valence electrons. The number of hydrogen-bond acceptors (Lipinski definition) is 4.